The van der Waals surface area contributed by atoms with Crippen LogP contribution in [0.1, 0.15) is 35.4 Å². The quantitative estimate of drug-likeness (QED) is 0.214. The molecule has 0 aliphatic heterocycles. The van der Waals surface area contributed by atoms with Crippen molar-refractivity contribution in [3.05, 3.63) is 78.2 Å². The maximum Gasteiger partial charge on any atom is 0.358 e. The molecule has 3 amide bonds. The van der Waals surface area contributed by atoms with Gasteiger partial charge in [-0.2, -0.15) is 0 Å². The van der Waals surface area contributed by atoms with Crippen LogP contribution < -0.4 is 16.0 Å². The number of hydrogen-bond donors (Lipinski definition) is 4. The van der Waals surface area contributed by atoms with Gasteiger partial charge in [-0.05, 0) is 36.4 Å². The smallest absolute Gasteiger partial charge is 0.358 e. The number of anilines is 2. The summed E-state index contributed by atoms with van der Waals surface area (Å²) < 4.78 is 6.53. The van der Waals surface area contributed by atoms with Gasteiger partial charge in [0.1, 0.15) is 5.69 Å². The molecule has 4 rings (SSSR count). The molecule has 200 valence electrons. The van der Waals surface area contributed by atoms with Crippen LogP contribution in [0.3, 0.4) is 0 Å². The fourth-order valence-corrected chi connectivity index (χ4v) is 3.45. The monoisotopic (exact) mass is 531 g/mol. The Hall–Kier alpha value is -5.33. The van der Waals surface area contributed by atoms with Crippen molar-refractivity contribution in [3.8, 4) is 11.3 Å². The third-order valence-corrected chi connectivity index (χ3v) is 5.44. The predicted molar refractivity (Wildman–Crippen MR) is 138 cm³/mol. The zero-order valence-electron chi connectivity index (χ0n) is 20.7. The van der Waals surface area contributed by atoms with Crippen LogP contribution in [0.15, 0.2) is 71.4 Å². The van der Waals surface area contributed by atoms with E-state index in [4.69, 9.17) is 9.63 Å². The summed E-state index contributed by atoms with van der Waals surface area (Å²) in [6, 6.07) is 17.0. The third kappa shape index (κ3) is 8.08. The predicted octanol–water partition coefficient (Wildman–Crippen LogP) is 2.70. The molecule has 0 aliphatic rings. The number of carboxylic acid groups (broad SMARTS) is 1. The number of carboxylic acids is 1. The molecule has 2 aromatic heterocycles. The zero-order valence-corrected chi connectivity index (χ0v) is 20.7. The van der Waals surface area contributed by atoms with E-state index in [-0.39, 0.29) is 55.0 Å². The van der Waals surface area contributed by atoms with E-state index in [1.165, 1.54) is 10.7 Å². The van der Waals surface area contributed by atoms with Crippen molar-refractivity contribution in [1.29, 1.82) is 0 Å². The molecule has 0 spiro atoms. The summed E-state index contributed by atoms with van der Waals surface area (Å²) in [5.41, 5.74) is 2.15. The number of amides is 3. The first-order chi connectivity index (χ1) is 18.9. The molecular weight excluding hydrogens is 506 g/mol. The van der Waals surface area contributed by atoms with Gasteiger partial charge in [-0.25, -0.2) is 4.79 Å². The van der Waals surface area contributed by atoms with E-state index in [9.17, 15) is 19.2 Å². The Morgan fingerprint density at radius 3 is 2.21 bits per heavy atom. The molecule has 0 saturated heterocycles. The molecule has 4 N–H and O–H groups in total. The Morgan fingerprint density at radius 2 is 1.51 bits per heavy atom. The van der Waals surface area contributed by atoms with Gasteiger partial charge in [-0.15, -0.1) is 5.10 Å². The van der Waals surface area contributed by atoms with Gasteiger partial charge in [-0.3, -0.25) is 19.1 Å². The van der Waals surface area contributed by atoms with Gasteiger partial charge in [0, 0.05) is 42.3 Å². The van der Waals surface area contributed by atoms with Crippen molar-refractivity contribution in [2.45, 2.75) is 32.4 Å². The number of carbonyl (C=O) groups is 4. The molecule has 0 saturated carbocycles. The fourth-order valence-electron chi connectivity index (χ4n) is 3.45. The molecule has 2 heterocycles. The number of nitrogens with one attached hydrogen (secondary N) is 3. The van der Waals surface area contributed by atoms with Gasteiger partial charge >= 0.3 is 5.97 Å². The van der Waals surface area contributed by atoms with E-state index in [0.717, 1.165) is 5.69 Å². The molecule has 4 aromatic rings. The molecule has 0 unspecified atom stereocenters. The van der Waals surface area contributed by atoms with Crippen LogP contribution in [-0.4, -0.2) is 48.9 Å². The van der Waals surface area contributed by atoms with Crippen LogP contribution in [0.25, 0.3) is 11.3 Å². The second-order valence-electron chi connectivity index (χ2n) is 8.42. The first kappa shape index (κ1) is 26.7. The number of aromatic carboxylic acids is 1. The Bertz CT molecular complexity index is 1450. The summed E-state index contributed by atoms with van der Waals surface area (Å²) in [4.78, 5) is 47.4. The minimum Gasteiger partial charge on any atom is -0.476 e. The summed E-state index contributed by atoms with van der Waals surface area (Å²) >= 11 is 0. The average molecular weight is 532 g/mol. The highest BCUT2D eigenvalue weighted by atomic mass is 16.5. The Balaban J connectivity index is 1.14. The van der Waals surface area contributed by atoms with Gasteiger partial charge in [-0.1, -0.05) is 28.6 Å². The molecular formula is C26H25N7O6. The van der Waals surface area contributed by atoms with Crippen molar-refractivity contribution >= 4 is 35.1 Å². The maximum absolute atomic E-state index is 12.2. The number of aryl methyl sites for hydroxylation is 1. The number of benzene rings is 2. The number of nitrogens with zero attached hydrogens (tertiary/aromatic N) is 4. The molecule has 0 bridgehead atoms. The summed E-state index contributed by atoms with van der Waals surface area (Å²) in [6.45, 7) is 0.478. The zero-order chi connectivity index (χ0) is 27.6. The lowest BCUT2D eigenvalue weighted by Crippen LogP contribution is -2.24. The SMILES string of the molecule is O=C(CCC(=O)Nc1ccc(-c2cc(C(=O)O)no2)cc1)NCc1cn(CCC(=O)Nc2ccccc2)nn1. The van der Waals surface area contributed by atoms with E-state index in [1.54, 1.807) is 42.6 Å². The average Bonchev–Trinajstić information content (AvgIpc) is 3.61. The first-order valence-electron chi connectivity index (χ1n) is 12.0. The van der Waals surface area contributed by atoms with Crippen LogP contribution in [0.4, 0.5) is 11.4 Å². The third-order valence-electron chi connectivity index (χ3n) is 5.44. The number of rotatable bonds is 12. The highest BCUT2D eigenvalue weighted by Gasteiger charge is 2.13. The second kappa shape index (κ2) is 12.8. The Kier molecular flexibility index (Phi) is 8.75. The highest BCUT2D eigenvalue weighted by Crippen LogP contribution is 2.22. The van der Waals surface area contributed by atoms with Crippen LogP contribution in [0.5, 0.6) is 0 Å². The van der Waals surface area contributed by atoms with Crippen LogP contribution in [0.2, 0.25) is 0 Å². The van der Waals surface area contributed by atoms with Crippen molar-refractivity contribution in [2.24, 2.45) is 0 Å². The fraction of sp³-hybridized carbons (Fsp3) is 0.192. The van der Waals surface area contributed by atoms with E-state index in [2.05, 4.69) is 31.4 Å². The number of para-hydroxylation sites is 1. The molecule has 39 heavy (non-hydrogen) atoms. The second-order valence-corrected chi connectivity index (χ2v) is 8.42. The summed E-state index contributed by atoms with van der Waals surface area (Å²) in [5.74, 6) is -1.72. The van der Waals surface area contributed by atoms with Gasteiger partial charge in [0.2, 0.25) is 17.7 Å². The van der Waals surface area contributed by atoms with Crippen LogP contribution in [0, 0.1) is 0 Å². The van der Waals surface area contributed by atoms with E-state index in [1.807, 2.05) is 18.2 Å². The van der Waals surface area contributed by atoms with Gasteiger partial charge in [0.15, 0.2) is 11.5 Å². The largest absolute Gasteiger partial charge is 0.476 e. The van der Waals surface area contributed by atoms with Gasteiger partial charge < -0.3 is 25.6 Å². The van der Waals surface area contributed by atoms with Gasteiger partial charge in [0.05, 0.1) is 19.3 Å². The number of aromatic nitrogens is 4. The lowest BCUT2D eigenvalue weighted by atomic mass is 10.1. The molecule has 0 atom stereocenters. The maximum atomic E-state index is 12.2. The summed E-state index contributed by atoms with van der Waals surface area (Å²) in [5, 5.41) is 28.5. The van der Waals surface area contributed by atoms with E-state index in [0.29, 0.717) is 23.5 Å². The lowest BCUT2D eigenvalue weighted by molar-refractivity contribution is -0.124. The molecule has 2 aromatic carbocycles. The van der Waals surface area contributed by atoms with Crippen molar-refractivity contribution in [2.75, 3.05) is 10.6 Å². The van der Waals surface area contributed by atoms with Crippen molar-refractivity contribution < 1.29 is 28.8 Å². The molecule has 13 nitrogen and oxygen atoms in total. The highest BCUT2D eigenvalue weighted by molar-refractivity contribution is 5.93. The molecule has 0 aliphatic carbocycles. The van der Waals surface area contributed by atoms with Gasteiger partial charge in [0.25, 0.3) is 0 Å². The lowest BCUT2D eigenvalue weighted by Gasteiger charge is -2.06. The molecule has 13 heteroatoms. The van der Waals surface area contributed by atoms with E-state index < -0.39 is 5.97 Å². The van der Waals surface area contributed by atoms with Crippen LogP contribution >= 0.6 is 0 Å². The summed E-state index contributed by atoms with van der Waals surface area (Å²) in [7, 11) is 0. The topological polar surface area (TPSA) is 181 Å². The number of carbonyl (C=O) groups excluding carboxylic acids is 3. The molecule has 0 radical (unpaired) electrons. The Labute approximate surface area is 222 Å². The van der Waals surface area contributed by atoms with Crippen molar-refractivity contribution in [1.82, 2.24) is 25.5 Å². The van der Waals surface area contributed by atoms with Crippen molar-refractivity contribution in [3.63, 3.8) is 0 Å². The minimum absolute atomic E-state index is 0.0201. The van der Waals surface area contributed by atoms with E-state index >= 15 is 0 Å². The number of hydrogen-bond acceptors (Lipinski definition) is 8. The normalized spacial score (nSPS) is 10.6. The minimum atomic E-state index is -1.19. The standard InChI is InChI=1S/C26H25N7O6/c34-23(27-15-20-16-33(32-30-20)13-12-25(36)28-18-4-2-1-3-5-18)10-11-24(35)29-19-8-6-17(7-9-19)22-14-21(26(37)38)31-39-22/h1-9,14,16H,10-13,15H2,(H,27,34)(H,28,36)(H,29,35)(H,37,38). The molecule has 0 fully saturated rings. The Morgan fingerprint density at radius 1 is 0.846 bits per heavy atom. The van der Waals surface area contributed by atoms with Crippen LogP contribution in [-0.2, 0) is 27.5 Å². The first-order valence-corrected chi connectivity index (χ1v) is 12.0. The summed E-state index contributed by atoms with van der Waals surface area (Å²) in [6.07, 6.45) is 1.82.